The average molecular weight is 1930 g/mol. The van der Waals surface area contributed by atoms with Crippen LogP contribution in [0.15, 0.2) is 79.6 Å². The van der Waals surface area contributed by atoms with E-state index in [0.717, 1.165) is 20.9 Å². The fourth-order valence-electron chi connectivity index (χ4n) is 14.1. The lowest BCUT2D eigenvalue weighted by Gasteiger charge is -2.36. The number of hydrogen-bond acceptors (Lipinski definition) is 28. The minimum atomic E-state index is -1.99. The number of H-pyrrole nitrogens is 2. The maximum Gasteiger partial charge on any atom is 0.340 e. The number of nitrogens with zero attached hydrogens (tertiary/aromatic N) is 3. The lowest BCUT2D eigenvalue weighted by atomic mass is 9.77. The van der Waals surface area contributed by atoms with Crippen molar-refractivity contribution in [2.45, 2.75) is 217 Å². The summed E-state index contributed by atoms with van der Waals surface area (Å²) >= 11 is 0. The van der Waals surface area contributed by atoms with Crippen molar-refractivity contribution in [2.75, 3.05) is 20.1 Å². The Hall–Kier alpha value is -16.6. The second-order valence-electron chi connectivity index (χ2n) is 32.9. The molecule has 7 rings (SSSR count). The van der Waals surface area contributed by atoms with Crippen LogP contribution in [0.25, 0.3) is 0 Å². The number of carbonyl (C=O) groups is 21. The molecule has 53 nitrogen and oxygen atoms in total. The summed E-state index contributed by atoms with van der Waals surface area (Å²) in [7, 11) is 1.04. The highest BCUT2D eigenvalue weighted by Gasteiger charge is 2.54. The van der Waals surface area contributed by atoms with Crippen LogP contribution < -0.4 is 107 Å². The van der Waals surface area contributed by atoms with Crippen molar-refractivity contribution >= 4 is 130 Å². The molecule has 0 unspecified atom stereocenters. The van der Waals surface area contributed by atoms with E-state index >= 15 is 0 Å². The molecule has 0 aliphatic carbocycles. The number of benzene rings is 3. The number of imidazole rings is 2. The predicted octanol–water partition coefficient (Wildman–Crippen LogP) is -5.81. The van der Waals surface area contributed by atoms with E-state index in [-0.39, 0.29) is 89.3 Å². The predicted molar refractivity (Wildman–Crippen MR) is 476 cm³/mol. The lowest BCUT2D eigenvalue weighted by molar-refractivity contribution is -0.142. The number of amides is 18. The molecule has 5 aromatic rings. The van der Waals surface area contributed by atoms with Gasteiger partial charge in [-0.3, -0.25) is 97.1 Å². The number of carboxylic acids is 3. The molecule has 0 bridgehead atoms. The van der Waals surface area contributed by atoms with Crippen molar-refractivity contribution in [3.8, 4) is 23.0 Å². The average Bonchev–Trinajstić information content (AvgIpc) is 1.52. The first-order valence-corrected chi connectivity index (χ1v) is 43.3. The van der Waals surface area contributed by atoms with E-state index in [4.69, 9.17) is 32.1 Å². The molecule has 2 aliphatic heterocycles. The highest BCUT2D eigenvalue weighted by atomic mass is 16.6. The van der Waals surface area contributed by atoms with Gasteiger partial charge in [0.2, 0.25) is 82.7 Å². The van der Waals surface area contributed by atoms with Crippen molar-refractivity contribution in [2.24, 2.45) is 29.0 Å². The molecule has 1 spiro atoms. The summed E-state index contributed by atoms with van der Waals surface area (Å²) in [5, 5.41) is 92.9. The normalized spacial score (nSPS) is 14.9. The smallest absolute Gasteiger partial charge is 0.340 e. The van der Waals surface area contributed by atoms with Gasteiger partial charge in [0.1, 0.15) is 102 Å². The van der Waals surface area contributed by atoms with Gasteiger partial charge in [0.25, 0.3) is 11.8 Å². The van der Waals surface area contributed by atoms with Crippen molar-refractivity contribution < 1.29 is 136 Å². The third kappa shape index (κ3) is 31.0. The van der Waals surface area contributed by atoms with Crippen molar-refractivity contribution in [1.82, 2.24) is 110 Å². The molecular formula is C85H113N25O28. The van der Waals surface area contributed by atoms with Crippen LogP contribution in [0, 0.1) is 17.2 Å². The van der Waals surface area contributed by atoms with Crippen LogP contribution in [0.5, 0.6) is 23.0 Å². The highest BCUT2D eigenvalue weighted by molar-refractivity contribution is 6.05. The van der Waals surface area contributed by atoms with E-state index in [1.807, 2.05) is 0 Å². The number of hydrogen-bond donors (Lipinski definition) is 27. The van der Waals surface area contributed by atoms with Crippen LogP contribution in [0.4, 0.5) is 4.79 Å². The Bertz CT molecular complexity index is 5350. The molecule has 2 aromatic heterocycles. The number of carbonyl (C=O) groups excluding carboxylic acids is 18. The molecule has 4 heterocycles. The van der Waals surface area contributed by atoms with Gasteiger partial charge in [-0.1, -0.05) is 40.2 Å². The van der Waals surface area contributed by atoms with Gasteiger partial charge in [0, 0.05) is 92.5 Å². The first-order chi connectivity index (χ1) is 65.0. The quantitative estimate of drug-likeness (QED) is 0.00567. The van der Waals surface area contributed by atoms with E-state index in [1.54, 1.807) is 6.92 Å². The van der Waals surface area contributed by atoms with E-state index in [9.17, 15) is 126 Å². The van der Waals surface area contributed by atoms with E-state index < -0.39 is 278 Å². The number of primary amides is 2. The number of carboxylic acid groups (broad SMARTS) is 3. The number of fused-ring (bicyclic) bond motifs is 6. The van der Waals surface area contributed by atoms with Crippen LogP contribution >= 0.6 is 0 Å². The van der Waals surface area contributed by atoms with Gasteiger partial charge in [-0.15, -0.1) is 0 Å². The molecule has 14 atom stereocenters. The number of aromatic amines is 2. The number of rotatable bonds is 51. The van der Waals surface area contributed by atoms with Gasteiger partial charge in [-0.05, 0) is 108 Å². The number of aliphatic carboxylic acids is 3. The minimum Gasteiger partial charge on any atom is -0.508 e. The van der Waals surface area contributed by atoms with Crippen LogP contribution in [0.2, 0.25) is 0 Å². The summed E-state index contributed by atoms with van der Waals surface area (Å²) in [6, 6.07) is -10.2. The number of nitrogens with two attached hydrogens (primary N) is 3. The topological polar surface area (TPSA) is 833 Å². The first-order valence-electron chi connectivity index (χ1n) is 43.3. The van der Waals surface area contributed by atoms with Crippen LogP contribution in [-0.4, -0.2) is 280 Å². The van der Waals surface area contributed by atoms with Crippen LogP contribution in [0.3, 0.4) is 0 Å². The molecular weight excluding hydrogens is 1820 g/mol. The standard InChI is InChI=1S/C85H113N25O28/c1-10-38(4)67(80(132)105-58(31-62(87)114)78(130)103-53(20-23-64(116)117)74(126)96-39(5)68(120)93-34-63(115)100-55(81(133)134)12-11-25-92-83(88)89)108-75(127)54(21-24-65(118)119)101-69(121)40(6)98-77(129)57(28-45-33-91-36-95-45)106-84(136)110(9)109-71(123)42(8)99-76(128)56(27-44-32-90-35-94-44)104-79(131)66(37(2)3)107-70(122)41(7)97-73(125)52(19-22-61(86)113)102-72(124)43-13-16-49-48(26-43)82(135)138-85(49)50-17-14-46(111)29-59(50)137-60-30-47(112)15-18-51(60)85/h13-18,26,29-30,32-33,35-42,52-58,66-67,111-112H,10-12,19-25,27-28,31,34H2,1-9H3,(H2,86,113)(H2,87,114)(H,90,94)(H,91,95)(H,93,120)(H,96,126)(H,97,125)(H,98,129)(H,99,128)(H,100,115)(H,101,121)(H,102,124)(H,103,130)(H,104,131)(H,105,132)(H,106,136)(H,107,122)(H,108,127)(H,109,123)(H,116,117)(H,118,119)(H,133,134)(H4,88,89,92)/t38-,39-,40-,41-,42-,52-,53-,54-,55-,56-,57-,58-,66-,67-/m0/s1. The number of phenols is 2. The number of esters is 1. The monoisotopic (exact) mass is 1930 g/mol. The summed E-state index contributed by atoms with van der Waals surface area (Å²) < 4.78 is 12.1. The van der Waals surface area contributed by atoms with Crippen molar-refractivity contribution in [1.29, 1.82) is 5.41 Å². The van der Waals surface area contributed by atoms with Gasteiger partial charge in [0.05, 0.1) is 42.6 Å². The molecule has 0 fully saturated rings. The zero-order valence-electron chi connectivity index (χ0n) is 76.3. The number of urea groups is 1. The Morgan fingerprint density at radius 1 is 0.478 bits per heavy atom. The Morgan fingerprint density at radius 2 is 0.928 bits per heavy atom. The largest absolute Gasteiger partial charge is 0.508 e. The van der Waals surface area contributed by atoms with Crippen molar-refractivity contribution in [3.63, 3.8) is 0 Å². The second-order valence-corrected chi connectivity index (χ2v) is 32.9. The lowest BCUT2D eigenvalue weighted by Crippen LogP contribution is -2.61. The summed E-state index contributed by atoms with van der Waals surface area (Å²) in [5.41, 5.74) is 17.7. The molecule has 746 valence electrons. The Balaban J connectivity index is 0.950. The summed E-state index contributed by atoms with van der Waals surface area (Å²) in [6.45, 7) is 10.1. The molecule has 138 heavy (non-hydrogen) atoms. The molecule has 0 saturated carbocycles. The number of ether oxygens (including phenoxy) is 2. The van der Waals surface area contributed by atoms with E-state index in [1.165, 1.54) is 114 Å². The third-order valence-electron chi connectivity index (χ3n) is 21.8. The second kappa shape index (κ2) is 50.0. The molecule has 30 N–H and O–H groups in total. The molecule has 0 radical (unpaired) electrons. The molecule has 18 amide bonds. The molecule has 3 aromatic carbocycles. The number of aromatic nitrogens is 4. The number of hydrazine groups is 1. The van der Waals surface area contributed by atoms with Gasteiger partial charge in [-0.25, -0.2) is 29.4 Å². The van der Waals surface area contributed by atoms with Gasteiger partial charge >= 0.3 is 29.9 Å². The highest BCUT2D eigenvalue weighted by Crippen LogP contribution is 2.57. The van der Waals surface area contributed by atoms with Gasteiger partial charge < -0.3 is 142 Å². The molecule has 2 aliphatic rings. The van der Waals surface area contributed by atoms with E-state index in [0.29, 0.717) is 16.1 Å². The fourth-order valence-corrected chi connectivity index (χ4v) is 14.1. The first kappa shape index (κ1) is 108. The third-order valence-corrected chi connectivity index (χ3v) is 21.8. The SMILES string of the molecule is CC[C@H](C)[C@H](NC(=O)[C@H](CCC(=O)O)NC(=O)[C@H](C)NC(=O)[C@H](Cc1c[nH]cn1)NC(=O)N(C)NC(=O)[C@H](C)NC(=O)[C@H](Cc1c[nH]cn1)NC(=O)[C@@H](NC(=O)[C@H](C)NC(=O)[C@H](CCC(N)=O)NC(=O)c1ccc2c(c1)C(=O)OC21c2ccc(O)cc2Oc2cc(O)ccc21)C(C)C)C(=O)N[C@@H](CC(N)=O)C(=O)N[C@@H](CCC(=O)O)C(=O)N[C@@H](C)C(=O)NCC(=O)N[C@@H](CCCNC(=N)N)C(=O)O. The fraction of sp³-hybridized carbons (Fsp3) is 0.459. The van der Waals surface area contributed by atoms with Gasteiger partial charge in [-0.2, -0.15) is 0 Å². The number of aromatic hydroxyl groups is 2. The van der Waals surface area contributed by atoms with E-state index in [2.05, 4.69) is 105 Å². The van der Waals surface area contributed by atoms with Crippen molar-refractivity contribution in [3.05, 3.63) is 119 Å². The van der Waals surface area contributed by atoms with Crippen LogP contribution in [-0.2, 0) is 109 Å². The Labute approximate surface area is 786 Å². The maximum absolute atomic E-state index is 14.3. The summed E-state index contributed by atoms with van der Waals surface area (Å²) in [4.78, 5) is 296. The summed E-state index contributed by atoms with van der Waals surface area (Å²) in [6.07, 6.45) is -0.161. The van der Waals surface area contributed by atoms with Crippen LogP contribution in [0.1, 0.15) is 168 Å². The number of nitrogens with one attached hydrogen (secondary N) is 19. The molecule has 53 heteroatoms. The molecule has 0 saturated heterocycles. The van der Waals surface area contributed by atoms with Gasteiger partial charge in [0.15, 0.2) is 11.6 Å². The minimum absolute atomic E-state index is 0.0812. The Kier molecular flexibility index (Phi) is 39.3. The number of phenolic OH excluding ortho intramolecular Hbond substituents is 2. The summed E-state index contributed by atoms with van der Waals surface area (Å²) in [5.74, 6) is -24.6. The number of guanidine groups is 1. The Morgan fingerprint density at radius 3 is 1.42 bits per heavy atom. The zero-order valence-corrected chi connectivity index (χ0v) is 76.3. The zero-order chi connectivity index (χ0) is 102. The maximum atomic E-state index is 14.3.